The van der Waals surface area contributed by atoms with Crippen molar-refractivity contribution in [2.24, 2.45) is 46.8 Å². The first-order valence-corrected chi connectivity index (χ1v) is 14.2. The molecule has 1 heterocycles. The summed E-state index contributed by atoms with van der Waals surface area (Å²) in [5.41, 5.74) is 2.13. The fourth-order valence-electron chi connectivity index (χ4n) is 9.81. The Kier molecular flexibility index (Phi) is 5.59. The van der Waals surface area contributed by atoms with Gasteiger partial charge >= 0.3 is 0 Å². The molecule has 6 rings (SSSR count). The Balaban J connectivity index is 1.23. The van der Waals surface area contributed by atoms with Crippen LogP contribution >= 0.6 is 0 Å². The van der Waals surface area contributed by atoms with E-state index in [1.165, 1.54) is 32.1 Å². The zero-order chi connectivity index (χ0) is 24.5. The lowest BCUT2D eigenvalue weighted by atomic mass is 9.48. The largest absolute Gasteiger partial charge is 0.390 e. The number of fused-ring (bicyclic) bond motifs is 5. The normalized spacial score (nSPS) is 44.5. The third kappa shape index (κ3) is 3.84. The highest BCUT2D eigenvalue weighted by atomic mass is 16.3. The fraction of sp³-hybridized carbons (Fsp3) is 0.800. The predicted octanol–water partition coefficient (Wildman–Crippen LogP) is 5.66. The molecular weight excluding hydrogens is 434 g/mol. The maximum atomic E-state index is 12.4. The summed E-state index contributed by atoms with van der Waals surface area (Å²) < 4.78 is 1.85. The highest BCUT2D eigenvalue weighted by molar-refractivity contribution is 5.54. The molecule has 0 spiro atoms. The quantitative estimate of drug-likeness (QED) is 0.570. The molecule has 5 nitrogen and oxygen atoms in total. The van der Waals surface area contributed by atoms with Gasteiger partial charge in [-0.2, -0.15) is 10.4 Å². The second-order valence-corrected chi connectivity index (χ2v) is 13.5. The van der Waals surface area contributed by atoms with Crippen LogP contribution in [0, 0.1) is 58.2 Å². The molecule has 5 saturated carbocycles. The van der Waals surface area contributed by atoms with Gasteiger partial charge in [-0.1, -0.05) is 13.8 Å². The van der Waals surface area contributed by atoms with Crippen molar-refractivity contribution in [3.05, 3.63) is 23.0 Å². The van der Waals surface area contributed by atoms with Crippen LogP contribution in [0.3, 0.4) is 0 Å². The van der Waals surface area contributed by atoms with Crippen molar-refractivity contribution in [1.82, 2.24) is 9.78 Å². The van der Waals surface area contributed by atoms with Crippen molar-refractivity contribution >= 4 is 5.94 Å². The van der Waals surface area contributed by atoms with Crippen LogP contribution in [-0.4, -0.2) is 26.4 Å². The van der Waals surface area contributed by atoms with E-state index in [0.29, 0.717) is 35.8 Å². The molecule has 9 atom stereocenters. The summed E-state index contributed by atoms with van der Waals surface area (Å²) in [7, 11) is 0. The number of aromatic nitrogens is 2. The summed E-state index contributed by atoms with van der Waals surface area (Å²) in [5.74, 6) is 7.35. The second-order valence-electron chi connectivity index (χ2n) is 13.5. The van der Waals surface area contributed by atoms with Gasteiger partial charge in [0.15, 0.2) is 0 Å². The van der Waals surface area contributed by atoms with Gasteiger partial charge in [-0.25, -0.2) is 4.79 Å². The second kappa shape index (κ2) is 8.32. The van der Waals surface area contributed by atoms with E-state index in [-0.39, 0.29) is 11.3 Å². The van der Waals surface area contributed by atoms with Gasteiger partial charge in [0.05, 0.1) is 23.4 Å². The highest BCUT2D eigenvalue weighted by Crippen LogP contribution is 2.67. The van der Waals surface area contributed by atoms with E-state index in [1.807, 2.05) is 17.8 Å². The number of rotatable bonds is 4. The molecule has 0 saturated heterocycles. The summed E-state index contributed by atoms with van der Waals surface area (Å²) in [6.45, 7) is 7.41. The number of carbonyl (C=O) groups excluding carboxylic acids is 1. The number of allylic oxidation sites excluding steroid dienone is 1. The smallest absolute Gasteiger partial charge is 0.125 e. The monoisotopic (exact) mass is 475 g/mol. The van der Waals surface area contributed by atoms with E-state index in [1.54, 1.807) is 0 Å². The van der Waals surface area contributed by atoms with Crippen LogP contribution in [-0.2, 0) is 11.3 Å². The molecule has 5 aliphatic carbocycles. The van der Waals surface area contributed by atoms with Crippen LogP contribution in [0.5, 0.6) is 0 Å². The van der Waals surface area contributed by atoms with Crippen molar-refractivity contribution in [2.45, 2.75) is 103 Å². The van der Waals surface area contributed by atoms with E-state index < -0.39 is 5.60 Å². The predicted molar refractivity (Wildman–Crippen MR) is 134 cm³/mol. The SMILES string of the molecule is C[C@@H]1C[C@H](C(=C=O)Cn2cc(C#N)c(C3CC3)n2)[C@@]2(C)CC[C@H]3[C@@H](CC[C@@H]4C[C@](C)(O)CC[C@@H]43)[C@H]12. The molecule has 5 heteroatoms. The third-order valence-corrected chi connectivity index (χ3v) is 11.3. The molecule has 1 aromatic heterocycles. The Hall–Kier alpha value is -1.89. The zero-order valence-electron chi connectivity index (χ0n) is 21.7. The van der Waals surface area contributed by atoms with E-state index in [2.05, 4.69) is 25.9 Å². The molecule has 0 aliphatic heterocycles. The Bertz CT molecular complexity index is 1090. The molecule has 5 fully saturated rings. The number of hydrogen-bond donors (Lipinski definition) is 1. The van der Waals surface area contributed by atoms with Crippen molar-refractivity contribution in [3.8, 4) is 6.07 Å². The van der Waals surface area contributed by atoms with Crippen LogP contribution in [0.15, 0.2) is 11.8 Å². The van der Waals surface area contributed by atoms with Gasteiger partial charge in [-0.05, 0) is 118 Å². The Labute approximate surface area is 210 Å². The van der Waals surface area contributed by atoms with Gasteiger partial charge in [0.2, 0.25) is 0 Å². The summed E-state index contributed by atoms with van der Waals surface area (Å²) in [6.07, 6.45) is 13.3. The minimum atomic E-state index is -0.468. The molecule has 5 aliphatic rings. The lowest BCUT2D eigenvalue weighted by Crippen LogP contribution is -2.51. The van der Waals surface area contributed by atoms with Crippen LogP contribution in [0.1, 0.15) is 102 Å². The maximum Gasteiger partial charge on any atom is 0.125 e. The molecule has 0 unspecified atom stereocenters. The molecule has 188 valence electrons. The van der Waals surface area contributed by atoms with Crippen LogP contribution in [0.2, 0.25) is 0 Å². The Morgan fingerprint density at radius 3 is 2.63 bits per heavy atom. The number of nitriles is 1. The average Bonchev–Trinajstić information content (AvgIpc) is 3.53. The Morgan fingerprint density at radius 2 is 1.91 bits per heavy atom. The molecule has 0 aromatic carbocycles. The lowest BCUT2D eigenvalue weighted by Gasteiger charge is -2.57. The van der Waals surface area contributed by atoms with Crippen molar-refractivity contribution < 1.29 is 9.90 Å². The van der Waals surface area contributed by atoms with Gasteiger partial charge < -0.3 is 5.11 Å². The highest BCUT2D eigenvalue weighted by Gasteiger charge is 2.60. The lowest BCUT2D eigenvalue weighted by molar-refractivity contribution is -0.103. The van der Waals surface area contributed by atoms with E-state index >= 15 is 0 Å². The third-order valence-electron chi connectivity index (χ3n) is 11.3. The summed E-state index contributed by atoms with van der Waals surface area (Å²) >= 11 is 0. The van der Waals surface area contributed by atoms with Crippen LogP contribution in [0.4, 0.5) is 0 Å². The van der Waals surface area contributed by atoms with Gasteiger partial charge in [-0.15, -0.1) is 0 Å². The first kappa shape index (κ1) is 23.5. The Morgan fingerprint density at radius 1 is 1.14 bits per heavy atom. The molecule has 0 amide bonds. The first-order valence-electron chi connectivity index (χ1n) is 14.2. The van der Waals surface area contributed by atoms with Crippen molar-refractivity contribution in [3.63, 3.8) is 0 Å². The topological polar surface area (TPSA) is 78.9 Å². The number of aliphatic hydroxyl groups is 1. The van der Waals surface area contributed by atoms with Crippen LogP contribution in [0.25, 0.3) is 0 Å². The van der Waals surface area contributed by atoms with E-state index in [4.69, 9.17) is 5.10 Å². The van der Waals surface area contributed by atoms with Gasteiger partial charge in [0.1, 0.15) is 12.0 Å². The minimum Gasteiger partial charge on any atom is -0.390 e. The number of hydrogen-bond acceptors (Lipinski definition) is 4. The van der Waals surface area contributed by atoms with Gasteiger partial charge in [-0.3, -0.25) is 4.68 Å². The van der Waals surface area contributed by atoms with Crippen LogP contribution < -0.4 is 0 Å². The summed E-state index contributed by atoms with van der Waals surface area (Å²) in [5, 5.41) is 25.0. The van der Waals surface area contributed by atoms with E-state index in [9.17, 15) is 15.2 Å². The minimum absolute atomic E-state index is 0.144. The maximum absolute atomic E-state index is 12.4. The average molecular weight is 476 g/mol. The van der Waals surface area contributed by atoms with Crippen molar-refractivity contribution in [1.29, 1.82) is 5.26 Å². The summed E-state index contributed by atoms with van der Waals surface area (Å²) in [4.78, 5) is 12.4. The van der Waals surface area contributed by atoms with E-state index in [0.717, 1.165) is 61.1 Å². The molecule has 1 aromatic rings. The first-order chi connectivity index (χ1) is 16.7. The van der Waals surface area contributed by atoms with Gasteiger partial charge in [0, 0.05) is 17.7 Å². The van der Waals surface area contributed by atoms with Crippen molar-refractivity contribution in [2.75, 3.05) is 0 Å². The molecule has 0 bridgehead atoms. The summed E-state index contributed by atoms with van der Waals surface area (Å²) in [6, 6.07) is 2.31. The molecule has 1 N–H and O–H groups in total. The zero-order valence-corrected chi connectivity index (χ0v) is 21.7. The van der Waals surface area contributed by atoms with Gasteiger partial charge in [0.25, 0.3) is 0 Å². The fourth-order valence-corrected chi connectivity index (χ4v) is 9.81. The number of nitrogens with zero attached hydrogens (tertiary/aromatic N) is 3. The molecular formula is C30H41N3O2. The standard InChI is InChI=1S/C30H41N3O2/c1-18-12-26(22(17-34)16-33-15-21(14-31)28(32-33)19-4-5-19)30(3)11-9-24-23-8-10-29(2,35)13-20(23)6-7-25(24)27(18)30/h15,18-20,23-27,35H,4-13,16H2,1-3H3/t18-,20-,23+,24-,25-,26-,27+,29-,30-/m1/s1. The molecule has 0 radical (unpaired) electrons. The molecule has 35 heavy (non-hydrogen) atoms.